The Morgan fingerprint density at radius 1 is 0.842 bits per heavy atom. The monoisotopic (exact) mass is 256 g/mol. The average Bonchev–Trinajstić information content (AvgIpc) is 2.31. The van der Waals surface area contributed by atoms with Gasteiger partial charge in [-0.1, -0.05) is 12.1 Å². The summed E-state index contributed by atoms with van der Waals surface area (Å²) in [6, 6.07) is 8.46. The maximum atomic E-state index is 13.3. The van der Waals surface area contributed by atoms with E-state index < -0.39 is 0 Å². The van der Waals surface area contributed by atoms with Crippen molar-refractivity contribution >= 4 is 5.78 Å². The summed E-state index contributed by atoms with van der Waals surface area (Å²) in [5.74, 6) is -0.343. The van der Waals surface area contributed by atoms with Crippen LogP contribution >= 0.6 is 0 Å². The first-order valence-electron chi connectivity index (χ1n) is 6.29. The van der Waals surface area contributed by atoms with E-state index in [2.05, 4.69) is 0 Å². The van der Waals surface area contributed by atoms with E-state index in [0.717, 1.165) is 11.1 Å². The Morgan fingerprint density at radius 3 is 1.95 bits per heavy atom. The van der Waals surface area contributed by atoms with Gasteiger partial charge < -0.3 is 0 Å². The molecule has 0 radical (unpaired) electrons. The number of ketones is 1. The second-order valence-electron chi connectivity index (χ2n) is 5.04. The van der Waals surface area contributed by atoms with Gasteiger partial charge in [-0.2, -0.15) is 0 Å². The zero-order chi connectivity index (χ0) is 14.2. The molecule has 2 rings (SSSR count). The fraction of sp³-hybridized carbons (Fsp3) is 0.235. The van der Waals surface area contributed by atoms with Crippen LogP contribution in [0.4, 0.5) is 4.39 Å². The Hall–Kier alpha value is -1.96. The Kier molecular flexibility index (Phi) is 3.52. The molecule has 98 valence electrons. The minimum absolute atomic E-state index is 0.0434. The van der Waals surface area contributed by atoms with E-state index in [1.165, 1.54) is 12.1 Å². The zero-order valence-corrected chi connectivity index (χ0v) is 11.7. The lowest BCUT2D eigenvalue weighted by molar-refractivity contribution is 0.103. The highest BCUT2D eigenvalue weighted by Gasteiger charge is 2.15. The van der Waals surface area contributed by atoms with Gasteiger partial charge in [-0.05, 0) is 68.1 Å². The molecule has 2 aromatic carbocycles. The fourth-order valence-electron chi connectivity index (χ4n) is 2.30. The van der Waals surface area contributed by atoms with Crippen molar-refractivity contribution in [2.24, 2.45) is 0 Å². The topological polar surface area (TPSA) is 17.1 Å². The van der Waals surface area contributed by atoms with Crippen molar-refractivity contribution in [1.29, 1.82) is 0 Å². The largest absolute Gasteiger partial charge is 0.289 e. The molecule has 0 heterocycles. The molecular formula is C17H17FO. The van der Waals surface area contributed by atoms with Crippen LogP contribution in [-0.2, 0) is 0 Å². The molecule has 0 fully saturated rings. The third-order valence-corrected chi connectivity index (χ3v) is 3.49. The molecule has 0 saturated heterocycles. The summed E-state index contributed by atoms with van der Waals surface area (Å²) in [6.07, 6.45) is 0. The molecule has 2 aromatic rings. The van der Waals surface area contributed by atoms with Crippen LogP contribution in [0.25, 0.3) is 0 Å². The first-order chi connectivity index (χ1) is 8.90. The number of rotatable bonds is 2. The second-order valence-corrected chi connectivity index (χ2v) is 5.04. The molecule has 2 heteroatoms. The van der Waals surface area contributed by atoms with Crippen LogP contribution in [0.15, 0.2) is 30.3 Å². The number of benzene rings is 2. The van der Waals surface area contributed by atoms with Gasteiger partial charge in [-0.15, -0.1) is 0 Å². The third kappa shape index (κ3) is 2.58. The predicted molar refractivity (Wildman–Crippen MR) is 75.2 cm³/mol. The lowest BCUT2D eigenvalue weighted by Crippen LogP contribution is -2.07. The third-order valence-electron chi connectivity index (χ3n) is 3.49. The van der Waals surface area contributed by atoms with E-state index in [1.54, 1.807) is 13.8 Å². The molecule has 0 aromatic heterocycles. The smallest absolute Gasteiger partial charge is 0.193 e. The van der Waals surface area contributed by atoms with E-state index in [1.807, 2.05) is 32.0 Å². The molecule has 0 aliphatic heterocycles. The lowest BCUT2D eigenvalue weighted by Gasteiger charge is -2.10. The summed E-state index contributed by atoms with van der Waals surface area (Å²) in [4.78, 5) is 12.5. The minimum atomic E-state index is -0.299. The molecular weight excluding hydrogens is 239 g/mol. The molecule has 0 N–H and O–H groups in total. The van der Waals surface area contributed by atoms with Crippen LogP contribution in [0.2, 0.25) is 0 Å². The molecule has 0 aliphatic carbocycles. The molecule has 0 aliphatic rings. The van der Waals surface area contributed by atoms with Crippen molar-refractivity contribution in [3.63, 3.8) is 0 Å². The van der Waals surface area contributed by atoms with Gasteiger partial charge in [0.2, 0.25) is 0 Å². The predicted octanol–water partition coefficient (Wildman–Crippen LogP) is 4.29. The summed E-state index contributed by atoms with van der Waals surface area (Å²) in [7, 11) is 0. The van der Waals surface area contributed by atoms with Gasteiger partial charge in [0.15, 0.2) is 5.78 Å². The first-order valence-corrected chi connectivity index (χ1v) is 6.29. The van der Waals surface area contributed by atoms with Crippen LogP contribution in [0.3, 0.4) is 0 Å². The number of halogens is 1. The standard InChI is InChI=1S/C17H17FO/c1-10-5-6-14(7-11(10)2)17(19)16-12(3)8-15(18)9-13(16)4/h5-9H,1-4H3. The highest BCUT2D eigenvalue weighted by Crippen LogP contribution is 2.21. The lowest BCUT2D eigenvalue weighted by atomic mass is 9.93. The zero-order valence-electron chi connectivity index (χ0n) is 11.7. The number of hydrogen-bond acceptors (Lipinski definition) is 1. The number of aryl methyl sites for hydroxylation is 4. The van der Waals surface area contributed by atoms with Gasteiger partial charge in [0.05, 0.1) is 0 Å². The van der Waals surface area contributed by atoms with E-state index in [4.69, 9.17) is 0 Å². The quantitative estimate of drug-likeness (QED) is 0.732. The second kappa shape index (κ2) is 4.96. The van der Waals surface area contributed by atoms with Crippen molar-refractivity contribution in [3.8, 4) is 0 Å². The van der Waals surface area contributed by atoms with Crippen LogP contribution in [0.5, 0.6) is 0 Å². The Morgan fingerprint density at radius 2 is 1.42 bits per heavy atom. The Balaban J connectivity index is 2.53. The van der Waals surface area contributed by atoms with Crippen LogP contribution < -0.4 is 0 Å². The fourth-order valence-corrected chi connectivity index (χ4v) is 2.30. The summed E-state index contributed by atoms with van der Waals surface area (Å²) in [6.45, 7) is 7.53. The molecule has 0 amide bonds. The van der Waals surface area contributed by atoms with Crippen molar-refractivity contribution in [3.05, 3.63) is 69.5 Å². The first kappa shape index (κ1) is 13.5. The molecule has 0 spiro atoms. The minimum Gasteiger partial charge on any atom is -0.289 e. The van der Waals surface area contributed by atoms with Crippen LogP contribution in [0, 0.1) is 33.5 Å². The van der Waals surface area contributed by atoms with Gasteiger partial charge in [0.25, 0.3) is 0 Å². The Bertz CT molecular complexity index is 633. The molecule has 19 heavy (non-hydrogen) atoms. The van der Waals surface area contributed by atoms with Crippen LogP contribution in [-0.4, -0.2) is 5.78 Å². The number of carbonyl (C=O) groups is 1. The molecule has 0 unspecified atom stereocenters. The molecule has 0 atom stereocenters. The van der Waals surface area contributed by atoms with Crippen molar-refractivity contribution in [2.75, 3.05) is 0 Å². The maximum Gasteiger partial charge on any atom is 0.193 e. The average molecular weight is 256 g/mol. The summed E-state index contributed by atoms with van der Waals surface area (Å²) < 4.78 is 13.3. The van der Waals surface area contributed by atoms with Gasteiger partial charge in [-0.25, -0.2) is 4.39 Å². The van der Waals surface area contributed by atoms with Crippen LogP contribution in [0.1, 0.15) is 38.2 Å². The molecule has 0 saturated carbocycles. The van der Waals surface area contributed by atoms with Gasteiger partial charge in [-0.3, -0.25) is 4.79 Å². The van der Waals surface area contributed by atoms with Gasteiger partial charge in [0.1, 0.15) is 5.82 Å². The van der Waals surface area contributed by atoms with Crippen molar-refractivity contribution in [1.82, 2.24) is 0 Å². The van der Waals surface area contributed by atoms with Gasteiger partial charge >= 0.3 is 0 Å². The summed E-state index contributed by atoms with van der Waals surface area (Å²) in [5.41, 5.74) is 4.86. The van der Waals surface area contributed by atoms with E-state index in [-0.39, 0.29) is 11.6 Å². The summed E-state index contributed by atoms with van der Waals surface area (Å²) in [5, 5.41) is 0. The Labute approximate surface area is 113 Å². The van der Waals surface area contributed by atoms with Crippen molar-refractivity contribution < 1.29 is 9.18 Å². The number of hydrogen-bond donors (Lipinski definition) is 0. The highest BCUT2D eigenvalue weighted by molar-refractivity contribution is 6.10. The summed E-state index contributed by atoms with van der Waals surface area (Å²) >= 11 is 0. The van der Waals surface area contributed by atoms with Crippen molar-refractivity contribution in [2.45, 2.75) is 27.7 Å². The molecule has 0 bridgehead atoms. The van der Waals surface area contributed by atoms with Gasteiger partial charge in [0, 0.05) is 11.1 Å². The van der Waals surface area contributed by atoms with E-state index >= 15 is 0 Å². The maximum absolute atomic E-state index is 13.3. The highest BCUT2D eigenvalue weighted by atomic mass is 19.1. The van der Waals surface area contributed by atoms with E-state index in [9.17, 15) is 9.18 Å². The SMILES string of the molecule is Cc1ccc(C(=O)c2c(C)cc(F)cc2C)cc1C. The normalized spacial score (nSPS) is 10.6. The van der Waals surface area contributed by atoms with E-state index in [0.29, 0.717) is 22.3 Å². The molecule has 1 nitrogen and oxygen atoms in total. The number of carbonyl (C=O) groups excluding carboxylic acids is 1.